The van der Waals surface area contributed by atoms with Crippen LogP contribution in [-0.2, 0) is 87.5 Å². The zero-order valence-electron chi connectivity index (χ0n) is 74.4. The summed E-state index contributed by atoms with van der Waals surface area (Å²) in [7, 11) is 7.12. The lowest BCUT2D eigenvalue weighted by Crippen LogP contribution is -2.43. The Morgan fingerprint density at radius 3 is 0.919 bits per heavy atom. The number of amides is 3. The number of halogens is 18. The van der Waals surface area contributed by atoms with Gasteiger partial charge in [0.15, 0.2) is 0 Å². The van der Waals surface area contributed by atoms with E-state index in [2.05, 4.69) is 41.5 Å². The van der Waals surface area contributed by atoms with Crippen molar-refractivity contribution >= 4 is 85.4 Å². The number of aromatic nitrogens is 6. The zero-order valence-corrected chi connectivity index (χ0v) is 74.4. The maximum absolute atomic E-state index is 14.9. The molecule has 6 aromatic carbocycles. The summed E-state index contributed by atoms with van der Waals surface area (Å²) in [5, 5.41) is 15.1. The maximum atomic E-state index is 14.9. The quantitative estimate of drug-likeness (QED) is 0.0167. The Hall–Kier alpha value is -14.6. The summed E-state index contributed by atoms with van der Waals surface area (Å²) >= 11 is 0. The number of fused-ring (bicyclic) bond motifs is 3. The molecule has 5 atom stereocenters. The van der Waals surface area contributed by atoms with E-state index in [1.807, 2.05) is 26.1 Å². The van der Waals surface area contributed by atoms with Crippen LogP contribution in [0.5, 0.6) is 0 Å². The molecule has 0 aliphatic heterocycles. The average molecular weight is 1920 g/mol. The van der Waals surface area contributed by atoms with E-state index in [9.17, 15) is 122 Å². The van der Waals surface area contributed by atoms with Crippen LogP contribution < -0.4 is 48.6 Å². The largest absolute Gasteiger partial charge is 0.467 e. The van der Waals surface area contributed by atoms with Crippen LogP contribution in [0.15, 0.2) is 160 Å². The van der Waals surface area contributed by atoms with Gasteiger partial charge in [0.05, 0.1) is 71.3 Å². The Kier molecular flexibility index (Phi) is 32.2. The molecule has 0 aliphatic rings. The van der Waals surface area contributed by atoms with E-state index in [1.165, 1.54) is 133 Å². The summed E-state index contributed by atoms with van der Waals surface area (Å²) in [4.78, 5) is 129. The van der Waals surface area contributed by atoms with Crippen molar-refractivity contribution in [1.29, 1.82) is 0 Å². The molecule has 0 saturated carbocycles. The first-order valence-corrected chi connectivity index (χ1v) is 41.2. The lowest BCUT2D eigenvalue weighted by Gasteiger charge is -2.21. The number of methoxy groups -OCH3 is 3. The smallest absolute Gasteiger partial charge is 0.417 e. The van der Waals surface area contributed by atoms with E-state index in [-0.39, 0.29) is 102 Å². The van der Waals surface area contributed by atoms with Gasteiger partial charge in [-0.05, 0) is 137 Å². The number of benzene rings is 6. The Labute approximate surface area is 761 Å². The van der Waals surface area contributed by atoms with Gasteiger partial charge in [-0.25, -0.2) is 40.7 Å². The second kappa shape index (κ2) is 42.3. The number of ether oxygens (including phenoxy) is 3. The first kappa shape index (κ1) is 103. The molecule has 0 saturated heterocycles. The molecule has 0 aliphatic carbocycles. The number of hydrogen-bond acceptors (Lipinski definition) is 18. The number of alkyl halides is 12. The number of esters is 3. The number of anilines is 3. The third-order valence-electron chi connectivity index (χ3n) is 22.2. The SMILES string of the molecule is CCCNc1cc(F)c(C(=O)N[C@@H](Cc2ccc(-c3c(C(F)(F)F)cc(C)n(C)c3=O)c3ncccc23)C(=O)OC)c(F)c1.CC[C@H](C)Nc1cc(F)c(C(=O)N[C@@H](Cc2ccc(-c3c(C(F)(F)F)cc(C)n(C)c3=O)c3ncccc23)C(=O)OC)c(F)c1.COC(=O)[C@H](Cc1ccc(-c2c(C(F)(F)F)cc(C)n(C)c2=O)c2ncccc12)NC(=O)c1c(F)cc(N[C@H](C)C(F)(F)F)cc1F. The van der Waals surface area contributed by atoms with Crippen LogP contribution in [0.4, 0.5) is 96.1 Å². The molecule has 0 radical (unpaired) electrons. The number of rotatable bonds is 26. The molecule has 6 aromatic heterocycles. The predicted molar refractivity (Wildman–Crippen MR) is 468 cm³/mol. The minimum Gasteiger partial charge on any atom is -0.467 e. The molecule has 0 fully saturated rings. The minimum atomic E-state index is -4.90. The summed E-state index contributed by atoms with van der Waals surface area (Å²) in [6.07, 6.45) is -15.0. The molecule has 0 spiro atoms. The molecule has 24 nitrogen and oxygen atoms in total. The first-order chi connectivity index (χ1) is 63.8. The van der Waals surface area contributed by atoms with Crippen LogP contribution in [0.3, 0.4) is 0 Å². The van der Waals surface area contributed by atoms with Crippen LogP contribution in [0.2, 0.25) is 0 Å². The van der Waals surface area contributed by atoms with Gasteiger partial charge in [0.2, 0.25) is 0 Å². The van der Waals surface area contributed by atoms with Gasteiger partial charge in [0, 0.05) is 139 Å². The number of aryl methyl sites for hydroxylation is 3. The fraction of sp³-hybridized carbons (Fsp3) is 0.298. The fourth-order valence-electron chi connectivity index (χ4n) is 14.7. The Bertz CT molecular complexity index is 6770. The molecule has 0 bridgehead atoms. The van der Waals surface area contributed by atoms with Crippen LogP contribution in [-0.4, -0.2) is 129 Å². The van der Waals surface area contributed by atoms with Crippen LogP contribution >= 0.6 is 0 Å². The van der Waals surface area contributed by atoms with E-state index in [4.69, 9.17) is 14.2 Å². The summed E-state index contributed by atoms with van der Waals surface area (Å²) in [5.41, 5.74) is -10.4. The van der Waals surface area contributed by atoms with Gasteiger partial charge < -0.3 is 59.8 Å². The average Bonchev–Trinajstić information content (AvgIpc) is 0.754. The van der Waals surface area contributed by atoms with Crippen molar-refractivity contribution in [3.8, 4) is 33.4 Å². The summed E-state index contributed by atoms with van der Waals surface area (Å²) < 4.78 is 272. The summed E-state index contributed by atoms with van der Waals surface area (Å²) in [6.45, 7) is 10.9. The molecular formula is C94H86F18N12O12. The van der Waals surface area contributed by atoms with Gasteiger partial charge >= 0.3 is 42.6 Å². The normalized spacial score (nSPS) is 12.8. The monoisotopic (exact) mass is 1920 g/mol. The predicted octanol–water partition coefficient (Wildman–Crippen LogP) is 17.6. The van der Waals surface area contributed by atoms with E-state index < -0.39 is 198 Å². The number of carbonyl (C=O) groups is 6. The van der Waals surface area contributed by atoms with Gasteiger partial charge in [0.25, 0.3) is 34.4 Å². The van der Waals surface area contributed by atoms with Crippen molar-refractivity contribution in [2.45, 2.75) is 135 Å². The molecule has 136 heavy (non-hydrogen) atoms. The van der Waals surface area contributed by atoms with E-state index in [0.29, 0.717) is 42.6 Å². The lowest BCUT2D eigenvalue weighted by atomic mass is 9.93. The van der Waals surface area contributed by atoms with Gasteiger partial charge in [-0.15, -0.1) is 0 Å². The molecule has 6 heterocycles. The first-order valence-electron chi connectivity index (χ1n) is 41.2. The summed E-state index contributed by atoms with van der Waals surface area (Å²) in [6, 6.07) is 17.5. The second-order valence-corrected chi connectivity index (χ2v) is 31.3. The standard InChI is InChI=1S/C32H31F5N4O4.C31H26F8N4O4.C31H29F5N4O4/c1-6-16(2)39-19-14-23(33)27(24(34)15-19)29(42)40-25(31(44)45-5)13-18-9-10-21(28-20(18)8-7-11-38-28)26-22(32(35,36)37)12-17(3)41(4)30(26)43;1-14-10-20(31(37,38)39)24(28(45)43(14)3)19-8-7-16(18-6-5-9-40-26(18)19)11-23(29(46)47-4)42-27(44)25-21(32)12-17(13-22(25)33)41-15(2)30(34,35)36;1-5-10-37-18-14-22(32)26(23(33)15-18)28(41)39-24(30(43)44-4)13-17-8-9-20(27-19(17)7-6-11-38-27)25-21(31(34,35)36)12-16(2)40(3)29(25)42/h7-12,14-16,25,39H,6,13H2,1-5H3,(H,40,42);5-10,12-13,15,23,41H,11H2,1-4H3,(H,42,44);6-9,11-12,14-15,24,37H,5,10,13H2,1-4H3,(H,39,41)/t16-,25-;15-,23+;24-/m010/s1. The Morgan fingerprint density at radius 1 is 0.397 bits per heavy atom. The molecular weight excluding hydrogens is 1830 g/mol. The highest BCUT2D eigenvalue weighted by Crippen LogP contribution is 2.43. The highest BCUT2D eigenvalue weighted by Gasteiger charge is 2.42. The fourth-order valence-corrected chi connectivity index (χ4v) is 14.7. The van der Waals surface area contributed by atoms with E-state index in [1.54, 1.807) is 0 Å². The number of carbonyl (C=O) groups excluding carboxylic acids is 6. The highest BCUT2D eigenvalue weighted by molar-refractivity contribution is 6.03. The van der Waals surface area contributed by atoms with Crippen LogP contribution in [0.25, 0.3) is 66.1 Å². The van der Waals surface area contributed by atoms with Crippen LogP contribution in [0.1, 0.15) is 122 Å². The molecule has 12 aromatic rings. The molecule has 12 rings (SSSR count). The summed E-state index contributed by atoms with van der Waals surface area (Å²) in [5.74, 6) is -14.5. The number of nitrogens with one attached hydrogen (secondary N) is 6. The molecule has 0 unspecified atom stereocenters. The van der Waals surface area contributed by atoms with Gasteiger partial charge in [0.1, 0.15) is 75.8 Å². The van der Waals surface area contributed by atoms with Crippen molar-refractivity contribution < 1.29 is 122 Å². The molecule has 42 heteroatoms. The highest BCUT2D eigenvalue weighted by atomic mass is 19.4. The van der Waals surface area contributed by atoms with Crippen molar-refractivity contribution in [1.82, 2.24) is 44.6 Å². The lowest BCUT2D eigenvalue weighted by molar-refractivity contribution is -0.143. The van der Waals surface area contributed by atoms with Crippen molar-refractivity contribution in [2.75, 3.05) is 43.8 Å². The van der Waals surface area contributed by atoms with E-state index in [0.717, 1.165) is 84.4 Å². The number of pyridine rings is 6. The minimum absolute atomic E-state index is 0.0397. The molecule has 3 amide bonds. The topological polar surface area (TPSA) is 307 Å². The Morgan fingerprint density at radius 2 is 0.669 bits per heavy atom. The van der Waals surface area contributed by atoms with Gasteiger partial charge in [-0.1, -0.05) is 68.4 Å². The number of hydrogen-bond donors (Lipinski definition) is 6. The maximum Gasteiger partial charge on any atom is 0.417 e. The Balaban J connectivity index is 0.000000211. The van der Waals surface area contributed by atoms with Gasteiger partial charge in [-0.3, -0.25) is 43.7 Å². The number of nitrogens with zero attached hydrogens (tertiary/aromatic N) is 6. The van der Waals surface area contributed by atoms with Crippen LogP contribution in [0, 0.1) is 55.7 Å². The van der Waals surface area contributed by atoms with Gasteiger partial charge in [-0.2, -0.15) is 52.7 Å². The third kappa shape index (κ3) is 23.0. The second-order valence-electron chi connectivity index (χ2n) is 31.3. The van der Waals surface area contributed by atoms with Crippen molar-refractivity contribution in [2.24, 2.45) is 21.1 Å². The van der Waals surface area contributed by atoms with E-state index >= 15 is 0 Å². The zero-order chi connectivity index (χ0) is 101. The third-order valence-corrected chi connectivity index (χ3v) is 22.2. The van der Waals surface area contributed by atoms with Crippen molar-refractivity contribution in [3.63, 3.8) is 0 Å². The molecule has 720 valence electrons. The van der Waals surface area contributed by atoms with Crippen molar-refractivity contribution in [3.05, 3.63) is 279 Å². The molecule has 6 N–H and O–H groups in total.